The van der Waals surface area contributed by atoms with E-state index in [1.54, 1.807) is 25.1 Å². The molecule has 2 saturated heterocycles. The molecule has 3 rings (SSSR count). The lowest BCUT2D eigenvalue weighted by molar-refractivity contribution is -0.268. The number of para-hydroxylation sites is 1. The molecule has 1 aromatic carbocycles. The number of ether oxygens (including phenoxy) is 6. The topological polar surface area (TPSA) is 249 Å². The number of nitrogens with zero attached hydrogens (tertiary/aromatic N) is 3. The molecule has 2 unspecified atom stereocenters. The molecule has 0 radical (unpaired) electrons. The van der Waals surface area contributed by atoms with Gasteiger partial charge in [-0.2, -0.15) is 5.09 Å². The molecule has 2 heterocycles. The predicted molar refractivity (Wildman–Crippen MR) is 165 cm³/mol. The SMILES string of the molecule is CC(=O)OC1O[C@H](COP(=O)(N[C@@H](C)C(=O)OC2(C)CCOCC2)Oc2ccccc2)[C@@H](OC(C)=O)[C@H](OC(C)=O)[C@@H]1NC(=O)CN=[N+]=[N-]. The summed E-state index contributed by atoms with van der Waals surface area (Å²) in [6, 6.07) is 5.15. The first-order valence-corrected chi connectivity index (χ1v) is 16.7. The number of hydrogen-bond donors (Lipinski definition) is 2. The Morgan fingerprint density at radius 1 is 1.02 bits per heavy atom. The van der Waals surface area contributed by atoms with Gasteiger partial charge in [0.2, 0.25) is 12.2 Å². The second-order valence-electron chi connectivity index (χ2n) is 11.3. The molecule has 270 valence electrons. The van der Waals surface area contributed by atoms with Crippen molar-refractivity contribution in [1.82, 2.24) is 10.4 Å². The zero-order valence-corrected chi connectivity index (χ0v) is 28.5. The van der Waals surface area contributed by atoms with Crippen molar-refractivity contribution < 1.29 is 66.0 Å². The van der Waals surface area contributed by atoms with Gasteiger partial charge in [-0.05, 0) is 31.5 Å². The molecule has 0 aromatic heterocycles. The maximum absolute atomic E-state index is 14.3. The number of benzene rings is 1. The van der Waals surface area contributed by atoms with Crippen molar-refractivity contribution in [2.24, 2.45) is 5.11 Å². The lowest BCUT2D eigenvalue weighted by Gasteiger charge is -2.44. The Labute approximate surface area is 281 Å². The fourth-order valence-electron chi connectivity index (χ4n) is 4.86. The number of carbonyl (C=O) groups is 5. The van der Waals surface area contributed by atoms with Gasteiger partial charge < -0.3 is 38.3 Å². The summed E-state index contributed by atoms with van der Waals surface area (Å²) in [6.45, 7) is 5.67. The maximum atomic E-state index is 14.3. The summed E-state index contributed by atoms with van der Waals surface area (Å²) in [5.74, 6) is -4.17. The van der Waals surface area contributed by atoms with Gasteiger partial charge in [-0.15, -0.1) is 0 Å². The molecule has 0 saturated carbocycles. The molecule has 19 nitrogen and oxygen atoms in total. The van der Waals surface area contributed by atoms with Crippen LogP contribution in [0.25, 0.3) is 10.4 Å². The minimum absolute atomic E-state index is 0.0924. The Balaban J connectivity index is 1.93. The van der Waals surface area contributed by atoms with Crippen LogP contribution < -0.4 is 14.9 Å². The lowest BCUT2D eigenvalue weighted by Crippen LogP contribution is -2.67. The smallest absolute Gasteiger partial charge is 0.458 e. The molecule has 1 amide bonds. The van der Waals surface area contributed by atoms with Gasteiger partial charge in [-0.25, -0.2) is 4.57 Å². The fourth-order valence-corrected chi connectivity index (χ4v) is 6.36. The normalized spacial score (nSPS) is 24.8. The minimum Gasteiger partial charge on any atom is -0.458 e. The van der Waals surface area contributed by atoms with E-state index in [1.807, 2.05) is 0 Å². The average molecular weight is 714 g/mol. The van der Waals surface area contributed by atoms with Gasteiger partial charge in [-0.3, -0.25) is 28.5 Å². The number of hydrogen-bond acceptors (Lipinski definition) is 15. The summed E-state index contributed by atoms with van der Waals surface area (Å²) >= 11 is 0. The van der Waals surface area contributed by atoms with Gasteiger partial charge in [-0.1, -0.05) is 23.3 Å². The van der Waals surface area contributed by atoms with Crippen molar-refractivity contribution in [3.8, 4) is 5.75 Å². The second-order valence-corrected chi connectivity index (χ2v) is 13.0. The summed E-state index contributed by atoms with van der Waals surface area (Å²) in [6.07, 6.45) is -5.39. The Kier molecular flexibility index (Phi) is 14.4. The lowest BCUT2D eigenvalue weighted by atomic mass is 9.96. The molecular weight excluding hydrogens is 673 g/mol. The Hall–Kier alpha value is -4.25. The predicted octanol–water partition coefficient (Wildman–Crippen LogP) is 2.23. The third kappa shape index (κ3) is 12.3. The zero-order chi connectivity index (χ0) is 36.2. The quantitative estimate of drug-likeness (QED) is 0.0660. The van der Waals surface area contributed by atoms with Crippen molar-refractivity contribution in [2.45, 2.75) is 89.7 Å². The van der Waals surface area contributed by atoms with E-state index in [1.165, 1.54) is 19.1 Å². The van der Waals surface area contributed by atoms with E-state index < -0.39 is 93.0 Å². The first-order chi connectivity index (χ1) is 23.1. The van der Waals surface area contributed by atoms with E-state index in [0.717, 1.165) is 20.8 Å². The van der Waals surface area contributed by atoms with E-state index in [-0.39, 0.29) is 5.75 Å². The first-order valence-electron chi connectivity index (χ1n) is 15.2. The van der Waals surface area contributed by atoms with Gasteiger partial charge in [0.1, 0.15) is 36.1 Å². The van der Waals surface area contributed by atoms with Crippen LogP contribution in [-0.4, -0.2) is 98.4 Å². The van der Waals surface area contributed by atoms with Gasteiger partial charge in [0.05, 0.1) is 19.8 Å². The van der Waals surface area contributed by atoms with Crippen LogP contribution in [0.3, 0.4) is 0 Å². The standard InChI is InChI=1S/C29H40N5O14P/c1-17(27(39)47-29(5)11-13-41-14-12-29)33-49(40,48-21-9-7-6-8-10-21)42-16-22-25(43-18(2)35)26(44-19(3)36)24(28(46-22)45-20(4)37)32-23(38)15-31-34-30/h6-10,17,22,24-26,28H,11-16H2,1-5H3,(H,32,38)(H,33,40)/t17-,22+,24-,25+,26+,28?,49?/m0/s1. The van der Waals surface area contributed by atoms with E-state index in [9.17, 15) is 28.5 Å². The molecule has 2 N–H and O–H groups in total. The number of carbonyl (C=O) groups excluding carboxylic acids is 5. The summed E-state index contributed by atoms with van der Waals surface area (Å²) < 4.78 is 58.8. The number of nitrogens with one attached hydrogen (secondary N) is 2. The molecule has 1 aromatic rings. The van der Waals surface area contributed by atoms with Crippen LogP contribution in [-0.2, 0) is 61.5 Å². The van der Waals surface area contributed by atoms with Crippen LogP contribution in [0, 0.1) is 0 Å². The summed E-state index contributed by atoms with van der Waals surface area (Å²) in [4.78, 5) is 64.6. The molecule has 2 aliphatic heterocycles. The fraction of sp³-hybridized carbons (Fsp3) is 0.621. The van der Waals surface area contributed by atoms with Crippen LogP contribution in [0.2, 0.25) is 0 Å². The van der Waals surface area contributed by atoms with Gasteiger partial charge in [0, 0.05) is 38.5 Å². The molecule has 2 fully saturated rings. The van der Waals surface area contributed by atoms with Crippen molar-refractivity contribution in [3.63, 3.8) is 0 Å². The molecule has 0 spiro atoms. The zero-order valence-electron chi connectivity index (χ0n) is 27.6. The average Bonchev–Trinajstić information content (AvgIpc) is 3.02. The maximum Gasteiger partial charge on any atom is 0.459 e. The third-order valence-corrected chi connectivity index (χ3v) is 8.76. The molecule has 0 aliphatic carbocycles. The third-order valence-electron chi connectivity index (χ3n) is 7.12. The van der Waals surface area contributed by atoms with Crippen molar-refractivity contribution >= 4 is 37.5 Å². The van der Waals surface area contributed by atoms with E-state index in [4.69, 9.17) is 43.0 Å². The highest BCUT2D eigenvalue weighted by Crippen LogP contribution is 2.46. The van der Waals surface area contributed by atoms with Crippen LogP contribution >= 0.6 is 7.75 Å². The molecule has 7 atom stereocenters. The highest BCUT2D eigenvalue weighted by molar-refractivity contribution is 7.52. The van der Waals surface area contributed by atoms with Crippen molar-refractivity contribution in [2.75, 3.05) is 26.4 Å². The van der Waals surface area contributed by atoms with Gasteiger partial charge in [0.15, 0.2) is 12.2 Å². The Morgan fingerprint density at radius 2 is 1.63 bits per heavy atom. The Bertz CT molecular complexity index is 1440. The molecule has 2 aliphatic rings. The summed E-state index contributed by atoms with van der Waals surface area (Å²) in [7, 11) is -4.53. The summed E-state index contributed by atoms with van der Waals surface area (Å²) in [5.41, 5.74) is 7.79. The highest BCUT2D eigenvalue weighted by Gasteiger charge is 2.53. The number of azide groups is 1. The van der Waals surface area contributed by atoms with Gasteiger partial charge in [0.25, 0.3) is 0 Å². The van der Waals surface area contributed by atoms with E-state index in [2.05, 4.69) is 20.4 Å². The first kappa shape index (κ1) is 39.2. The van der Waals surface area contributed by atoms with Crippen LogP contribution in [0.15, 0.2) is 35.4 Å². The molecule has 49 heavy (non-hydrogen) atoms. The van der Waals surface area contributed by atoms with Crippen LogP contribution in [0.4, 0.5) is 0 Å². The van der Waals surface area contributed by atoms with Crippen LogP contribution in [0.5, 0.6) is 5.75 Å². The minimum atomic E-state index is -4.53. The number of amides is 1. The van der Waals surface area contributed by atoms with Crippen molar-refractivity contribution in [1.29, 1.82) is 0 Å². The van der Waals surface area contributed by atoms with E-state index in [0.29, 0.717) is 26.1 Å². The summed E-state index contributed by atoms with van der Waals surface area (Å²) in [5, 5.41) is 8.13. The monoisotopic (exact) mass is 713 g/mol. The molecular formula is C29H40N5O14P. The molecule has 20 heteroatoms. The van der Waals surface area contributed by atoms with Gasteiger partial charge >= 0.3 is 31.6 Å². The van der Waals surface area contributed by atoms with Crippen molar-refractivity contribution in [3.05, 3.63) is 40.8 Å². The highest BCUT2D eigenvalue weighted by atomic mass is 31.2. The number of rotatable bonds is 15. The second kappa shape index (κ2) is 17.9. The Morgan fingerprint density at radius 3 is 2.22 bits per heavy atom. The molecule has 0 bridgehead atoms. The van der Waals surface area contributed by atoms with E-state index >= 15 is 0 Å². The largest absolute Gasteiger partial charge is 0.459 e. The number of esters is 4. The van der Waals surface area contributed by atoms with Crippen LogP contribution in [0.1, 0.15) is 47.5 Å².